The minimum absolute atomic E-state index is 0.0212. The van der Waals surface area contributed by atoms with Gasteiger partial charge < -0.3 is 4.90 Å². The summed E-state index contributed by atoms with van der Waals surface area (Å²) < 4.78 is 27.1. The second-order valence-electron chi connectivity index (χ2n) is 7.25. The summed E-state index contributed by atoms with van der Waals surface area (Å²) in [6.07, 6.45) is 5.77. The third-order valence-corrected chi connectivity index (χ3v) is 9.06. The molecule has 0 unspecified atom stereocenters. The number of carbonyl (C=O) groups is 1. The highest BCUT2D eigenvalue weighted by Gasteiger charge is 2.32. The molecular formula is C20H23ClN2O3S2. The molecule has 0 spiro atoms. The molecule has 1 amide bonds. The van der Waals surface area contributed by atoms with Gasteiger partial charge >= 0.3 is 0 Å². The van der Waals surface area contributed by atoms with E-state index in [0.29, 0.717) is 13.1 Å². The van der Waals surface area contributed by atoms with Crippen molar-refractivity contribution >= 4 is 38.9 Å². The largest absolute Gasteiger partial charge is 0.335 e. The highest BCUT2D eigenvalue weighted by atomic mass is 35.5. The van der Waals surface area contributed by atoms with E-state index in [1.54, 1.807) is 34.4 Å². The number of piperazine rings is 1. The van der Waals surface area contributed by atoms with Gasteiger partial charge in [-0.05, 0) is 49.4 Å². The molecule has 28 heavy (non-hydrogen) atoms. The van der Waals surface area contributed by atoms with E-state index in [4.69, 9.17) is 11.6 Å². The molecule has 150 valence electrons. The first-order valence-corrected chi connectivity index (χ1v) is 12.3. The van der Waals surface area contributed by atoms with Gasteiger partial charge in [0.2, 0.25) is 10.0 Å². The number of carbonyl (C=O) groups excluding carboxylic acids is 1. The molecule has 0 N–H and O–H groups in total. The lowest BCUT2D eigenvalue weighted by Gasteiger charge is -2.34. The normalized spacial score (nSPS) is 18.5. The first kappa shape index (κ1) is 19.9. The summed E-state index contributed by atoms with van der Waals surface area (Å²) in [4.78, 5) is 17.0. The van der Waals surface area contributed by atoms with Gasteiger partial charge in [0.25, 0.3) is 5.91 Å². The Morgan fingerprint density at radius 2 is 1.71 bits per heavy atom. The smallest absolute Gasteiger partial charge is 0.264 e. The number of aryl methyl sites for hydroxylation is 2. The highest BCUT2D eigenvalue weighted by Crippen LogP contribution is 2.30. The van der Waals surface area contributed by atoms with Crippen LogP contribution in [0.2, 0.25) is 5.02 Å². The van der Waals surface area contributed by atoms with E-state index in [2.05, 4.69) is 6.07 Å². The van der Waals surface area contributed by atoms with Gasteiger partial charge in [-0.15, -0.1) is 11.3 Å². The summed E-state index contributed by atoms with van der Waals surface area (Å²) in [7, 11) is -3.65. The molecule has 0 saturated carbocycles. The molecule has 2 heterocycles. The van der Waals surface area contributed by atoms with Crippen LogP contribution in [-0.4, -0.2) is 49.7 Å². The lowest BCUT2D eigenvalue weighted by Crippen LogP contribution is -2.50. The zero-order valence-electron chi connectivity index (χ0n) is 15.6. The Kier molecular flexibility index (Phi) is 5.78. The number of halogens is 1. The van der Waals surface area contributed by atoms with E-state index < -0.39 is 10.0 Å². The molecule has 2 aromatic rings. The Labute approximate surface area is 175 Å². The number of benzene rings is 1. The predicted molar refractivity (Wildman–Crippen MR) is 112 cm³/mol. The average Bonchev–Trinajstić information content (AvgIpc) is 2.98. The number of nitrogens with zero attached hydrogens (tertiary/aromatic N) is 2. The van der Waals surface area contributed by atoms with E-state index in [1.807, 2.05) is 0 Å². The fourth-order valence-electron chi connectivity index (χ4n) is 3.85. The van der Waals surface area contributed by atoms with Crippen LogP contribution < -0.4 is 0 Å². The molecule has 1 aromatic carbocycles. The quantitative estimate of drug-likeness (QED) is 0.684. The SMILES string of the molecule is O=C(c1cc2c(s1)CCCCC2)N1CCN(S(=O)(=O)c2ccccc2Cl)CC1. The first-order valence-electron chi connectivity index (χ1n) is 9.62. The fourth-order valence-corrected chi connectivity index (χ4v) is 6.99. The standard InChI is InChI=1S/C20H23ClN2O3S2/c21-16-7-4-5-9-19(16)28(25,26)23-12-10-22(11-13-23)20(24)18-14-15-6-2-1-3-8-17(15)27-18/h4-5,7,9,14H,1-3,6,8,10-13H2. The first-order chi connectivity index (χ1) is 13.5. The zero-order valence-corrected chi connectivity index (χ0v) is 18.0. The molecule has 1 fully saturated rings. The number of amides is 1. The summed E-state index contributed by atoms with van der Waals surface area (Å²) >= 11 is 7.69. The minimum atomic E-state index is -3.65. The molecule has 1 aliphatic heterocycles. The monoisotopic (exact) mass is 438 g/mol. The molecule has 8 heteroatoms. The summed E-state index contributed by atoms with van der Waals surface area (Å²) in [5.74, 6) is 0.0212. The van der Waals surface area contributed by atoms with Crippen LogP contribution in [0.3, 0.4) is 0 Å². The third-order valence-electron chi connectivity index (χ3n) is 5.44. The maximum absolute atomic E-state index is 12.9. The average molecular weight is 439 g/mol. The van der Waals surface area contributed by atoms with Crippen molar-refractivity contribution in [3.05, 3.63) is 50.7 Å². The summed E-state index contributed by atoms with van der Waals surface area (Å²) in [5, 5.41) is 0.223. The van der Waals surface area contributed by atoms with Gasteiger partial charge in [0.15, 0.2) is 0 Å². The lowest BCUT2D eigenvalue weighted by atomic mass is 10.1. The second kappa shape index (κ2) is 8.14. The minimum Gasteiger partial charge on any atom is -0.335 e. The molecule has 2 aliphatic rings. The van der Waals surface area contributed by atoms with Crippen molar-refractivity contribution in [2.75, 3.05) is 26.2 Å². The number of hydrogen-bond acceptors (Lipinski definition) is 4. The van der Waals surface area contributed by atoms with Crippen LogP contribution in [0.1, 0.15) is 39.4 Å². The van der Waals surface area contributed by atoms with Crippen molar-refractivity contribution in [3.63, 3.8) is 0 Å². The maximum atomic E-state index is 12.9. The van der Waals surface area contributed by atoms with Crippen molar-refractivity contribution in [1.29, 1.82) is 0 Å². The summed E-state index contributed by atoms with van der Waals surface area (Å²) in [6.45, 7) is 1.35. The number of fused-ring (bicyclic) bond motifs is 1. The number of rotatable bonds is 3. The molecule has 0 atom stereocenters. The molecule has 5 nitrogen and oxygen atoms in total. The fraction of sp³-hybridized carbons (Fsp3) is 0.450. The van der Waals surface area contributed by atoms with E-state index in [0.717, 1.165) is 17.7 Å². The van der Waals surface area contributed by atoms with Crippen molar-refractivity contribution in [3.8, 4) is 0 Å². The Morgan fingerprint density at radius 1 is 1.00 bits per heavy atom. The van der Waals surface area contributed by atoms with Crippen LogP contribution in [0.15, 0.2) is 35.2 Å². The number of hydrogen-bond donors (Lipinski definition) is 0. The van der Waals surface area contributed by atoms with E-state index >= 15 is 0 Å². The van der Waals surface area contributed by atoms with Crippen LogP contribution in [0.4, 0.5) is 0 Å². The van der Waals surface area contributed by atoms with Gasteiger partial charge in [0.1, 0.15) is 4.90 Å². The van der Waals surface area contributed by atoms with E-state index in [-0.39, 0.29) is 28.9 Å². The van der Waals surface area contributed by atoms with Crippen molar-refractivity contribution in [1.82, 2.24) is 9.21 Å². The highest BCUT2D eigenvalue weighted by molar-refractivity contribution is 7.89. The molecule has 4 rings (SSSR count). The Bertz CT molecular complexity index is 956. The lowest BCUT2D eigenvalue weighted by molar-refractivity contribution is 0.0702. The van der Waals surface area contributed by atoms with Crippen molar-refractivity contribution < 1.29 is 13.2 Å². The van der Waals surface area contributed by atoms with Crippen LogP contribution in [0.5, 0.6) is 0 Å². The van der Waals surface area contributed by atoms with E-state index in [1.165, 1.54) is 40.1 Å². The summed E-state index contributed by atoms with van der Waals surface area (Å²) in [6, 6.07) is 8.53. The van der Waals surface area contributed by atoms with Gasteiger partial charge in [0, 0.05) is 31.1 Å². The zero-order chi connectivity index (χ0) is 19.7. The topological polar surface area (TPSA) is 57.7 Å². The van der Waals surface area contributed by atoms with Gasteiger partial charge in [-0.3, -0.25) is 4.79 Å². The van der Waals surface area contributed by atoms with Crippen LogP contribution in [0, 0.1) is 0 Å². The Balaban J connectivity index is 1.44. The molecule has 1 aromatic heterocycles. The molecule has 1 saturated heterocycles. The van der Waals surface area contributed by atoms with Crippen LogP contribution in [-0.2, 0) is 22.9 Å². The van der Waals surface area contributed by atoms with Crippen LogP contribution >= 0.6 is 22.9 Å². The predicted octanol–water partition coefficient (Wildman–Crippen LogP) is 3.82. The van der Waals surface area contributed by atoms with Gasteiger partial charge in [-0.2, -0.15) is 4.31 Å². The number of sulfonamides is 1. The molecule has 1 aliphatic carbocycles. The molecule has 0 radical (unpaired) electrons. The second-order valence-corrected chi connectivity index (χ2v) is 10.7. The van der Waals surface area contributed by atoms with Crippen molar-refractivity contribution in [2.45, 2.75) is 37.0 Å². The molecular weight excluding hydrogens is 416 g/mol. The van der Waals surface area contributed by atoms with Gasteiger partial charge in [-0.1, -0.05) is 30.2 Å². The third kappa shape index (κ3) is 3.85. The van der Waals surface area contributed by atoms with Gasteiger partial charge in [-0.25, -0.2) is 8.42 Å². The van der Waals surface area contributed by atoms with Gasteiger partial charge in [0.05, 0.1) is 9.90 Å². The summed E-state index contributed by atoms with van der Waals surface area (Å²) in [5.41, 5.74) is 1.32. The Morgan fingerprint density at radius 3 is 2.46 bits per heavy atom. The van der Waals surface area contributed by atoms with Crippen molar-refractivity contribution in [2.24, 2.45) is 0 Å². The maximum Gasteiger partial charge on any atom is 0.264 e. The Hall–Kier alpha value is -1.41. The number of thiophene rings is 1. The molecule has 0 bridgehead atoms. The van der Waals surface area contributed by atoms with E-state index in [9.17, 15) is 13.2 Å². The van der Waals surface area contributed by atoms with Crippen LogP contribution in [0.25, 0.3) is 0 Å².